The highest BCUT2D eigenvalue weighted by atomic mass is 35.5. The first-order chi connectivity index (χ1) is 12.5. The molecule has 4 nitrogen and oxygen atoms in total. The molecule has 0 radical (unpaired) electrons. The van der Waals surface area contributed by atoms with Crippen LogP contribution in [0.25, 0.3) is 0 Å². The molecule has 26 heavy (non-hydrogen) atoms. The van der Waals surface area contributed by atoms with Gasteiger partial charge in [0.2, 0.25) is 5.91 Å². The molecule has 138 valence electrons. The Hall–Kier alpha value is -2.18. The first kappa shape index (κ1) is 18.6. The highest BCUT2D eigenvalue weighted by molar-refractivity contribution is 6.34. The van der Waals surface area contributed by atoms with Crippen LogP contribution in [0.2, 0.25) is 5.02 Å². The first-order valence-electron chi connectivity index (χ1n) is 8.39. The summed E-state index contributed by atoms with van der Waals surface area (Å²) in [4.78, 5) is 14.4. The van der Waals surface area contributed by atoms with Gasteiger partial charge in [0.1, 0.15) is 0 Å². The third-order valence-electron chi connectivity index (χ3n) is 4.21. The molecule has 3 rings (SSSR count). The number of carbonyl (C=O) groups is 1. The molecule has 2 aromatic carbocycles. The fourth-order valence-corrected chi connectivity index (χ4v) is 3.18. The molecule has 1 fully saturated rings. The van der Waals surface area contributed by atoms with Crippen molar-refractivity contribution in [2.45, 2.75) is 12.8 Å². The van der Waals surface area contributed by atoms with Crippen molar-refractivity contribution in [3.8, 4) is 0 Å². The quantitative estimate of drug-likeness (QED) is 0.851. The van der Waals surface area contributed by atoms with E-state index in [9.17, 15) is 13.6 Å². The van der Waals surface area contributed by atoms with Gasteiger partial charge in [0.25, 0.3) is 0 Å². The van der Waals surface area contributed by atoms with Crippen LogP contribution < -0.4 is 10.2 Å². The van der Waals surface area contributed by atoms with Crippen LogP contribution in [0.1, 0.15) is 12.0 Å². The number of nitrogens with one attached hydrogen (secondary N) is 1. The number of halogens is 3. The first-order valence-corrected chi connectivity index (χ1v) is 8.77. The molecule has 7 heteroatoms. The Morgan fingerprint density at radius 3 is 2.65 bits per heavy atom. The number of anilines is 2. The Bertz CT molecular complexity index is 795. The predicted octanol–water partition coefficient (Wildman–Crippen LogP) is 4.03. The molecule has 1 saturated heterocycles. The van der Waals surface area contributed by atoms with Crippen LogP contribution in [-0.2, 0) is 16.0 Å². The molecule has 0 unspecified atom stereocenters. The second-order valence-corrected chi connectivity index (χ2v) is 6.44. The van der Waals surface area contributed by atoms with E-state index in [1.807, 2.05) is 0 Å². The predicted molar refractivity (Wildman–Crippen MR) is 97.8 cm³/mol. The van der Waals surface area contributed by atoms with Gasteiger partial charge in [-0.1, -0.05) is 23.7 Å². The molecule has 0 saturated carbocycles. The lowest BCUT2D eigenvalue weighted by Crippen LogP contribution is -2.37. The number of nitrogens with zero attached hydrogens (tertiary/aromatic N) is 1. The van der Waals surface area contributed by atoms with Gasteiger partial charge in [-0.15, -0.1) is 0 Å². The molecule has 1 aliphatic heterocycles. The number of benzene rings is 2. The number of aryl methyl sites for hydroxylation is 1. The second kappa shape index (κ2) is 8.47. The van der Waals surface area contributed by atoms with Crippen molar-refractivity contribution in [2.24, 2.45) is 0 Å². The van der Waals surface area contributed by atoms with Gasteiger partial charge in [-0.05, 0) is 36.2 Å². The number of carbonyl (C=O) groups excluding carboxylic acids is 1. The summed E-state index contributed by atoms with van der Waals surface area (Å²) >= 11 is 6.34. The SMILES string of the molecule is O=C(CCc1ccc(F)c(F)c1)Nc1cccc(Cl)c1N1CCOCC1. The van der Waals surface area contributed by atoms with E-state index in [0.29, 0.717) is 49.0 Å². The number of hydrogen-bond donors (Lipinski definition) is 1. The van der Waals surface area contributed by atoms with E-state index in [0.717, 1.165) is 17.8 Å². The van der Waals surface area contributed by atoms with Crippen molar-refractivity contribution in [3.05, 3.63) is 58.6 Å². The molecule has 1 N–H and O–H groups in total. The smallest absolute Gasteiger partial charge is 0.224 e. The average molecular weight is 381 g/mol. The zero-order valence-corrected chi connectivity index (χ0v) is 14.9. The van der Waals surface area contributed by atoms with Crippen LogP contribution in [0.4, 0.5) is 20.2 Å². The number of hydrogen-bond acceptors (Lipinski definition) is 3. The Labute approximate surface area is 155 Å². The van der Waals surface area contributed by atoms with E-state index in [1.165, 1.54) is 6.07 Å². The van der Waals surface area contributed by atoms with Crippen molar-refractivity contribution in [1.82, 2.24) is 0 Å². The van der Waals surface area contributed by atoms with Crippen molar-refractivity contribution in [1.29, 1.82) is 0 Å². The fourth-order valence-electron chi connectivity index (χ4n) is 2.89. The van der Waals surface area contributed by atoms with Crippen LogP contribution in [0.3, 0.4) is 0 Å². The zero-order valence-electron chi connectivity index (χ0n) is 14.1. The number of amides is 1. The van der Waals surface area contributed by atoms with E-state index >= 15 is 0 Å². The molecule has 0 aliphatic carbocycles. The van der Waals surface area contributed by atoms with E-state index < -0.39 is 11.6 Å². The minimum absolute atomic E-state index is 0.153. The minimum Gasteiger partial charge on any atom is -0.378 e. The van der Waals surface area contributed by atoms with E-state index in [4.69, 9.17) is 16.3 Å². The van der Waals surface area contributed by atoms with Gasteiger partial charge in [0.05, 0.1) is 29.6 Å². The maximum absolute atomic E-state index is 13.2. The normalized spacial score (nSPS) is 14.3. The van der Waals surface area contributed by atoms with Gasteiger partial charge in [-0.25, -0.2) is 8.78 Å². The van der Waals surface area contributed by atoms with Gasteiger partial charge in [0.15, 0.2) is 11.6 Å². The Morgan fingerprint density at radius 1 is 1.15 bits per heavy atom. The summed E-state index contributed by atoms with van der Waals surface area (Å²) in [5.41, 5.74) is 1.98. The van der Waals surface area contributed by atoms with Gasteiger partial charge in [0, 0.05) is 19.5 Å². The zero-order chi connectivity index (χ0) is 18.5. The molecular formula is C19H19ClF2N2O2. The summed E-state index contributed by atoms with van der Waals surface area (Å²) in [7, 11) is 0. The maximum Gasteiger partial charge on any atom is 0.224 e. The topological polar surface area (TPSA) is 41.6 Å². The molecular weight excluding hydrogens is 362 g/mol. The van der Waals surface area contributed by atoms with Crippen LogP contribution >= 0.6 is 11.6 Å². The van der Waals surface area contributed by atoms with Crippen molar-refractivity contribution >= 4 is 28.9 Å². The Morgan fingerprint density at radius 2 is 1.92 bits per heavy atom. The lowest BCUT2D eigenvalue weighted by Gasteiger charge is -2.31. The van der Waals surface area contributed by atoms with E-state index in [1.54, 1.807) is 18.2 Å². The highest BCUT2D eigenvalue weighted by Crippen LogP contribution is 2.34. The summed E-state index contributed by atoms with van der Waals surface area (Å²) in [6.07, 6.45) is 0.469. The number of para-hydroxylation sites is 1. The molecule has 1 amide bonds. The number of rotatable bonds is 5. The summed E-state index contributed by atoms with van der Waals surface area (Å²) < 4.78 is 31.6. The number of ether oxygens (including phenoxy) is 1. The average Bonchev–Trinajstić information content (AvgIpc) is 2.63. The standard InChI is InChI=1S/C19H19ClF2N2O2/c20-14-2-1-3-17(19(14)24-8-10-26-11-9-24)23-18(25)7-5-13-4-6-15(21)16(22)12-13/h1-4,6,12H,5,7-11H2,(H,23,25). The summed E-state index contributed by atoms with van der Waals surface area (Å²) in [6, 6.07) is 9.01. The van der Waals surface area contributed by atoms with Crippen LogP contribution in [-0.4, -0.2) is 32.2 Å². The van der Waals surface area contributed by atoms with E-state index in [-0.39, 0.29) is 12.3 Å². The summed E-state index contributed by atoms with van der Waals surface area (Å²) in [6.45, 7) is 2.60. The monoisotopic (exact) mass is 380 g/mol. The minimum atomic E-state index is -0.910. The largest absolute Gasteiger partial charge is 0.378 e. The molecule has 0 spiro atoms. The lowest BCUT2D eigenvalue weighted by molar-refractivity contribution is -0.116. The molecule has 1 heterocycles. The lowest BCUT2D eigenvalue weighted by atomic mass is 10.1. The second-order valence-electron chi connectivity index (χ2n) is 6.03. The molecule has 0 atom stereocenters. The summed E-state index contributed by atoms with van der Waals surface area (Å²) in [5, 5.41) is 3.43. The van der Waals surface area contributed by atoms with Gasteiger partial charge >= 0.3 is 0 Å². The third kappa shape index (κ3) is 4.51. The van der Waals surface area contributed by atoms with Crippen molar-refractivity contribution in [2.75, 3.05) is 36.5 Å². The van der Waals surface area contributed by atoms with Gasteiger partial charge < -0.3 is 15.0 Å². The molecule has 0 aromatic heterocycles. The van der Waals surface area contributed by atoms with Crippen molar-refractivity contribution in [3.63, 3.8) is 0 Å². The van der Waals surface area contributed by atoms with Crippen LogP contribution in [0.5, 0.6) is 0 Å². The maximum atomic E-state index is 13.2. The fraction of sp³-hybridized carbons (Fsp3) is 0.316. The highest BCUT2D eigenvalue weighted by Gasteiger charge is 2.19. The van der Waals surface area contributed by atoms with Crippen molar-refractivity contribution < 1.29 is 18.3 Å². The Balaban J connectivity index is 1.67. The van der Waals surface area contributed by atoms with E-state index in [2.05, 4.69) is 10.2 Å². The van der Waals surface area contributed by atoms with Gasteiger partial charge in [-0.3, -0.25) is 4.79 Å². The van der Waals surface area contributed by atoms with Crippen LogP contribution in [0, 0.1) is 11.6 Å². The Kier molecular flexibility index (Phi) is 6.06. The van der Waals surface area contributed by atoms with Gasteiger partial charge in [-0.2, -0.15) is 0 Å². The number of morpholine rings is 1. The van der Waals surface area contributed by atoms with Crippen LogP contribution in [0.15, 0.2) is 36.4 Å². The molecule has 0 bridgehead atoms. The third-order valence-corrected chi connectivity index (χ3v) is 4.52. The molecule has 2 aromatic rings. The molecule has 1 aliphatic rings. The summed E-state index contributed by atoms with van der Waals surface area (Å²) in [5.74, 6) is -2.02.